The maximum Gasteiger partial charge on any atom is 0.260 e. The summed E-state index contributed by atoms with van der Waals surface area (Å²) in [6.07, 6.45) is 4.79. The van der Waals surface area contributed by atoms with Crippen LogP contribution in [-0.2, 0) is 16.2 Å². The van der Waals surface area contributed by atoms with Crippen molar-refractivity contribution in [3.05, 3.63) is 88.5 Å². The van der Waals surface area contributed by atoms with Gasteiger partial charge in [0.25, 0.3) is 11.8 Å². The van der Waals surface area contributed by atoms with E-state index < -0.39 is 11.9 Å². The van der Waals surface area contributed by atoms with Gasteiger partial charge in [-0.15, -0.1) is 0 Å². The van der Waals surface area contributed by atoms with E-state index in [1.54, 1.807) is 48.7 Å². The maximum absolute atomic E-state index is 14.9. The number of nitrogens with one attached hydrogen (secondary N) is 3. The minimum absolute atomic E-state index is 0. The van der Waals surface area contributed by atoms with Gasteiger partial charge >= 0.3 is 0 Å². The van der Waals surface area contributed by atoms with Crippen molar-refractivity contribution in [2.24, 2.45) is 5.92 Å². The van der Waals surface area contributed by atoms with Crippen LogP contribution in [0.5, 0.6) is 5.75 Å². The number of amides is 2. The van der Waals surface area contributed by atoms with E-state index in [4.69, 9.17) is 20.7 Å². The number of rotatable bonds is 11. The number of nitrogens with two attached hydrogens (primary N) is 1. The van der Waals surface area contributed by atoms with E-state index in [0.29, 0.717) is 65.6 Å². The monoisotopic (exact) mass is 594 g/mol. The molecule has 2 fully saturated rings. The van der Waals surface area contributed by atoms with Crippen LogP contribution in [0.3, 0.4) is 0 Å². The number of anilines is 1. The summed E-state index contributed by atoms with van der Waals surface area (Å²) in [6.45, 7) is 2.73. The smallest absolute Gasteiger partial charge is 0.260 e. The molecule has 10 nitrogen and oxygen atoms in total. The number of carbonyl (C=O) groups is 2. The van der Waals surface area contributed by atoms with Crippen LogP contribution in [0.15, 0.2) is 54.7 Å². The van der Waals surface area contributed by atoms with E-state index >= 15 is 0 Å². The second kappa shape index (κ2) is 13.3. The van der Waals surface area contributed by atoms with E-state index in [2.05, 4.69) is 15.8 Å². The minimum atomic E-state index is -0.580. The molecule has 2 amide bonds. The van der Waals surface area contributed by atoms with Gasteiger partial charge in [0.05, 0.1) is 25.5 Å². The molecule has 43 heavy (non-hydrogen) atoms. The summed E-state index contributed by atoms with van der Waals surface area (Å²) in [5.41, 5.74) is 11.9. The Morgan fingerprint density at radius 1 is 1.14 bits per heavy atom. The highest BCUT2D eigenvalue weighted by molar-refractivity contribution is 6.14. The minimum Gasteiger partial charge on any atom is -0.496 e. The van der Waals surface area contributed by atoms with Crippen molar-refractivity contribution in [1.29, 1.82) is 5.41 Å². The quantitative estimate of drug-likeness (QED) is 0.146. The molecule has 1 saturated heterocycles. The zero-order valence-electron chi connectivity index (χ0n) is 24.4. The molecule has 2 atom stereocenters. The predicted octanol–water partition coefficient (Wildman–Crippen LogP) is 4.49. The van der Waals surface area contributed by atoms with Crippen molar-refractivity contribution in [2.75, 3.05) is 26.0 Å². The van der Waals surface area contributed by atoms with Crippen LogP contribution in [-0.4, -0.2) is 59.8 Å². The molecule has 11 heteroatoms. The molecule has 5 N–H and O–H groups in total. The lowest BCUT2D eigenvalue weighted by molar-refractivity contribution is -0.141. The molecule has 0 radical (unpaired) electrons. The normalized spacial score (nSPS) is 18.6. The molecule has 3 aromatic rings. The Kier molecular flexibility index (Phi) is 9.32. The summed E-state index contributed by atoms with van der Waals surface area (Å²) in [5, 5.41) is 11.7. The second-order valence-electron chi connectivity index (χ2n) is 11.2. The number of piperidine rings is 1. The van der Waals surface area contributed by atoms with Gasteiger partial charge in [-0.05, 0) is 81.0 Å². The van der Waals surface area contributed by atoms with Gasteiger partial charge in [-0.1, -0.05) is 6.07 Å². The average Bonchev–Trinajstić information content (AvgIpc) is 3.82. The molecule has 0 bridgehead atoms. The van der Waals surface area contributed by atoms with Crippen molar-refractivity contribution in [1.82, 2.24) is 20.7 Å². The summed E-state index contributed by atoms with van der Waals surface area (Å²) < 4.78 is 20.3. The largest absolute Gasteiger partial charge is 0.496 e. The van der Waals surface area contributed by atoms with Crippen LogP contribution >= 0.6 is 0 Å². The highest BCUT2D eigenvalue weighted by Crippen LogP contribution is 2.29. The number of hydrogen-bond acceptors (Lipinski definition) is 8. The number of carbonyl (C=O) groups excluding carboxylic acids is 2. The molecule has 2 heterocycles. The molecule has 5 rings (SSSR count). The molecule has 1 saturated carbocycles. The van der Waals surface area contributed by atoms with Crippen molar-refractivity contribution < 1.29 is 27.8 Å². The SMILES string of the molecule is COc1cccc(F)c1CN1C[C@H](NC(=O)c2ccc(N)c(C(=N)c3ccnc(C)c3)c2)CC[C@H]1C(=O)NOCC1CC1.[HH].[HH].[HH]. The number of hydroxylamine groups is 1. The van der Waals surface area contributed by atoms with Crippen molar-refractivity contribution in [3.63, 3.8) is 0 Å². The molecule has 1 aromatic heterocycles. The first kappa shape index (κ1) is 30.1. The number of benzene rings is 2. The zero-order valence-corrected chi connectivity index (χ0v) is 24.4. The van der Waals surface area contributed by atoms with Crippen molar-refractivity contribution in [2.45, 2.75) is 51.2 Å². The number of likely N-dealkylation sites (tertiary alicyclic amines) is 1. The fourth-order valence-electron chi connectivity index (χ4n) is 5.34. The fraction of sp³-hybridized carbons (Fsp3) is 0.375. The Bertz CT molecular complexity index is 1530. The lowest BCUT2D eigenvalue weighted by atomic mass is 9.95. The van der Waals surface area contributed by atoms with Gasteiger partial charge in [0.1, 0.15) is 11.6 Å². The Morgan fingerprint density at radius 2 is 1.95 bits per heavy atom. The predicted molar refractivity (Wildman–Crippen MR) is 167 cm³/mol. The number of halogens is 1. The van der Waals surface area contributed by atoms with Gasteiger partial charge in [0, 0.05) is 63.2 Å². The number of nitrogens with zero attached hydrogens (tertiary/aromatic N) is 2. The summed E-state index contributed by atoms with van der Waals surface area (Å²) in [7, 11) is 1.48. The third kappa shape index (κ3) is 7.36. The molecule has 2 aliphatic rings. The van der Waals surface area contributed by atoms with Crippen molar-refractivity contribution >= 4 is 23.2 Å². The first-order chi connectivity index (χ1) is 20.7. The maximum atomic E-state index is 14.9. The van der Waals surface area contributed by atoms with Crippen LogP contribution in [0.4, 0.5) is 10.1 Å². The topological polar surface area (TPSA) is 143 Å². The first-order valence-electron chi connectivity index (χ1n) is 14.4. The molecule has 2 aromatic carbocycles. The second-order valence-corrected chi connectivity index (χ2v) is 11.2. The Morgan fingerprint density at radius 3 is 2.70 bits per heavy atom. The number of pyridine rings is 1. The van der Waals surface area contributed by atoms with E-state index in [9.17, 15) is 14.0 Å². The van der Waals surface area contributed by atoms with Gasteiger partial charge in [0.15, 0.2) is 0 Å². The van der Waals surface area contributed by atoms with E-state index in [-0.39, 0.29) is 34.4 Å². The third-order valence-corrected chi connectivity index (χ3v) is 7.94. The van der Waals surface area contributed by atoms with Crippen LogP contribution in [0, 0.1) is 24.1 Å². The lowest BCUT2D eigenvalue weighted by Crippen LogP contribution is -2.56. The first-order valence-corrected chi connectivity index (χ1v) is 14.4. The van der Waals surface area contributed by atoms with Crippen LogP contribution in [0.25, 0.3) is 0 Å². The number of nitrogen functional groups attached to an aromatic ring is 1. The van der Waals surface area contributed by atoms with Crippen molar-refractivity contribution in [3.8, 4) is 5.75 Å². The van der Waals surface area contributed by atoms with E-state index in [0.717, 1.165) is 18.5 Å². The highest BCUT2D eigenvalue weighted by atomic mass is 19.1. The number of aromatic nitrogens is 1. The summed E-state index contributed by atoms with van der Waals surface area (Å²) >= 11 is 0. The van der Waals surface area contributed by atoms with Gasteiger partial charge in [0.2, 0.25) is 0 Å². The van der Waals surface area contributed by atoms with Crippen LogP contribution < -0.4 is 21.3 Å². The van der Waals surface area contributed by atoms with E-state index in [1.807, 2.05) is 11.8 Å². The molecule has 0 spiro atoms. The molecule has 0 unspecified atom stereocenters. The number of methoxy groups -OCH3 is 1. The fourth-order valence-corrected chi connectivity index (χ4v) is 5.34. The van der Waals surface area contributed by atoms with Gasteiger partial charge in [-0.25, -0.2) is 9.87 Å². The molecule has 1 aliphatic heterocycles. The molecule has 232 valence electrons. The standard InChI is InChI=1S/C32H37FN6O4.3H2/c1-19-14-21(12-13-36-19)30(35)24-15-22(8-10-27(24)34)31(40)37-23-9-11-28(32(41)38-43-18-20-6-7-20)39(16-23)17-25-26(33)4-3-5-29(25)42-2;;;/h3-5,8,10,12-15,20,23,28,35H,6-7,9,11,16-18,34H2,1-2H3,(H,37,40)(H,38,41);3*1H/t23-,28+;;;/m1.../s1. The summed E-state index contributed by atoms with van der Waals surface area (Å²) in [5.74, 6) is -0.193. The number of hydrogen-bond donors (Lipinski definition) is 4. The summed E-state index contributed by atoms with van der Waals surface area (Å²) in [6, 6.07) is 12.1. The number of ether oxygens (including phenoxy) is 1. The molecular weight excluding hydrogens is 551 g/mol. The Labute approximate surface area is 254 Å². The molecular formula is C32H43FN6O4. The van der Waals surface area contributed by atoms with Crippen LogP contribution in [0.2, 0.25) is 0 Å². The molecule has 1 aliphatic carbocycles. The van der Waals surface area contributed by atoms with E-state index in [1.165, 1.54) is 13.2 Å². The Balaban J connectivity index is 0.00000245. The lowest BCUT2D eigenvalue weighted by Gasteiger charge is -2.39. The zero-order chi connectivity index (χ0) is 30.5. The number of aryl methyl sites for hydroxylation is 1. The average molecular weight is 595 g/mol. The third-order valence-electron chi connectivity index (χ3n) is 7.94. The van der Waals surface area contributed by atoms with Gasteiger partial charge in [-0.2, -0.15) is 0 Å². The van der Waals surface area contributed by atoms with Crippen LogP contribution in [0.1, 0.15) is 62.7 Å². The van der Waals surface area contributed by atoms with Gasteiger partial charge in [-0.3, -0.25) is 29.7 Å². The Hall–Kier alpha value is -4.35. The summed E-state index contributed by atoms with van der Waals surface area (Å²) in [4.78, 5) is 38.0. The highest BCUT2D eigenvalue weighted by Gasteiger charge is 2.35. The van der Waals surface area contributed by atoms with Gasteiger partial charge < -0.3 is 15.8 Å².